The molecule has 0 radical (unpaired) electrons. The van der Waals surface area contributed by atoms with Crippen molar-refractivity contribution in [3.8, 4) is 0 Å². The maximum atomic E-state index is 5.30. The summed E-state index contributed by atoms with van der Waals surface area (Å²) in [5.41, 5.74) is 1.26. The lowest BCUT2D eigenvalue weighted by Gasteiger charge is -2.23. The average Bonchev–Trinajstić information content (AvgIpc) is 2.95. The summed E-state index contributed by atoms with van der Waals surface area (Å²) >= 11 is 0. The van der Waals surface area contributed by atoms with E-state index < -0.39 is 0 Å². The Kier molecular flexibility index (Phi) is 9.61. The van der Waals surface area contributed by atoms with Crippen molar-refractivity contribution in [3.63, 3.8) is 0 Å². The lowest BCUT2D eigenvalue weighted by Crippen LogP contribution is -2.39. The maximum Gasteiger partial charge on any atom is 0.193 e. The van der Waals surface area contributed by atoms with Crippen LogP contribution >= 0.6 is 24.0 Å². The molecule has 1 unspecified atom stereocenters. The SMILES string of the molecule is CN=C(NCc1ccnc(N2CCCCCC2)c1)N1CCC(COC)C1.I. The number of halogens is 1. The number of guanidine groups is 1. The van der Waals surface area contributed by atoms with Gasteiger partial charge in [0.15, 0.2) is 5.96 Å². The van der Waals surface area contributed by atoms with E-state index in [1.54, 1.807) is 7.11 Å². The molecule has 2 aliphatic heterocycles. The van der Waals surface area contributed by atoms with Crippen LogP contribution in [0.3, 0.4) is 0 Å². The molecule has 1 N–H and O–H groups in total. The summed E-state index contributed by atoms with van der Waals surface area (Å²) in [4.78, 5) is 13.8. The van der Waals surface area contributed by atoms with Crippen molar-refractivity contribution in [1.82, 2.24) is 15.2 Å². The number of hydrogen-bond acceptors (Lipinski definition) is 4. The van der Waals surface area contributed by atoms with Gasteiger partial charge in [-0.2, -0.15) is 0 Å². The van der Waals surface area contributed by atoms with Gasteiger partial charge in [0.25, 0.3) is 0 Å². The van der Waals surface area contributed by atoms with E-state index in [1.165, 1.54) is 37.7 Å². The number of methoxy groups -OCH3 is 1. The molecule has 0 aliphatic carbocycles. The van der Waals surface area contributed by atoms with Crippen LogP contribution in [-0.2, 0) is 11.3 Å². The molecule has 2 saturated heterocycles. The first-order valence-electron chi connectivity index (χ1n) is 9.94. The van der Waals surface area contributed by atoms with Crippen molar-refractivity contribution in [2.75, 3.05) is 51.8 Å². The number of nitrogens with one attached hydrogen (secondary N) is 1. The minimum absolute atomic E-state index is 0. The predicted molar refractivity (Wildman–Crippen MR) is 122 cm³/mol. The van der Waals surface area contributed by atoms with Crippen LogP contribution in [0.5, 0.6) is 0 Å². The van der Waals surface area contributed by atoms with Gasteiger partial charge in [0.1, 0.15) is 5.82 Å². The van der Waals surface area contributed by atoms with Crippen molar-refractivity contribution >= 4 is 35.8 Å². The number of likely N-dealkylation sites (tertiary alicyclic amines) is 1. The predicted octanol–water partition coefficient (Wildman–Crippen LogP) is 3.12. The van der Waals surface area contributed by atoms with Gasteiger partial charge in [-0.05, 0) is 37.0 Å². The highest BCUT2D eigenvalue weighted by Gasteiger charge is 2.24. The second-order valence-corrected chi connectivity index (χ2v) is 7.38. The molecule has 6 nitrogen and oxygen atoms in total. The third-order valence-electron chi connectivity index (χ3n) is 5.39. The number of nitrogens with zero attached hydrogens (tertiary/aromatic N) is 4. The fourth-order valence-electron chi connectivity index (χ4n) is 3.95. The molecule has 1 atom stereocenters. The number of aliphatic imine (C=N–C) groups is 1. The van der Waals surface area contributed by atoms with Crippen LogP contribution in [0.15, 0.2) is 23.3 Å². The monoisotopic (exact) mass is 487 g/mol. The standard InChI is InChI=1S/C20H33N5O.HI/c1-21-20(25-12-8-18(15-25)16-26-2)23-14-17-7-9-22-19(13-17)24-10-5-3-4-6-11-24;/h7,9,13,18H,3-6,8,10-12,14-16H2,1-2H3,(H,21,23);1H. The Labute approximate surface area is 180 Å². The smallest absolute Gasteiger partial charge is 0.193 e. The summed E-state index contributed by atoms with van der Waals surface area (Å²) in [6.45, 7) is 5.92. The quantitative estimate of drug-likeness (QED) is 0.393. The van der Waals surface area contributed by atoms with Gasteiger partial charge in [-0.15, -0.1) is 24.0 Å². The van der Waals surface area contributed by atoms with Crippen LogP contribution in [-0.4, -0.2) is 62.8 Å². The van der Waals surface area contributed by atoms with Crippen LogP contribution in [0.4, 0.5) is 5.82 Å². The Morgan fingerprint density at radius 1 is 1.26 bits per heavy atom. The van der Waals surface area contributed by atoms with E-state index in [0.29, 0.717) is 5.92 Å². The maximum absolute atomic E-state index is 5.30. The molecule has 2 aliphatic rings. The van der Waals surface area contributed by atoms with Gasteiger partial charge in [0.2, 0.25) is 0 Å². The molecule has 27 heavy (non-hydrogen) atoms. The van der Waals surface area contributed by atoms with Crippen molar-refractivity contribution in [2.24, 2.45) is 10.9 Å². The number of aromatic nitrogens is 1. The largest absolute Gasteiger partial charge is 0.384 e. The van der Waals surface area contributed by atoms with Crippen LogP contribution in [0.1, 0.15) is 37.7 Å². The normalized spacial score (nSPS) is 21.0. The topological polar surface area (TPSA) is 53.0 Å². The number of ether oxygens (including phenoxy) is 1. The number of hydrogen-bond donors (Lipinski definition) is 1. The van der Waals surface area contributed by atoms with Gasteiger partial charge in [-0.3, -0.25) is 4.99 Å². The van der Waals surface area contributed by atoms with Crippen molar-refractivity contribution in [3.05, 3.63) is 23.9 Å². The molecule has 152 valence electrons. The van der Waals surface area contributed by atoms with E-state index in [1.807, 2.05) is 13.2 Å². The minimum atomic E-state index is 0. The van der Waals surface area contributed by atoms with Crippen LogP contribution < -0.4 is 10.2 Å². The second kappa shape index (κ2) is 11.7. The fraction of sp³-hybridized carbons (Fsp3) is 0.700. The molecular weight excluding hydrogens is 453 g/mol. The molecule has 0 aromatic carbocycles. The number of anilines is 1. The zero-order valence-corrected chi connectivity index (χ0v) is 19.0. The molecule has 0 spiro atoms. The van der Waals surface area contributed by atoms with E-state index >= 15 is 0 Å². The minimum Gasteiger partial charge on any atom is -0.384 e. The molecule has 0 saturated carbocycles. The van der Waals surface area contributed by atoms with Gasteiger partial charge < -0.3 is 19.9 Å². The lowest BCUT2D eigenvalue weighted by atomic mass is 10.1. The van der Waals surface area contributed by atoms with E-state index in [0.717, 1.165) is 51.1 Å². The molecule has 2 fully saturated rings. The van der Waals surface area contributed by atoms with Gasteiger partial charge in [0.05, 0.1) is 6.61 Å². The van der Waals surface area contributed by atoms with E-state index in [-0.39, 0.29) is 24.0 Å². The highest BCUT2D eigenvalue weighted by molar-refractivity contribution is 14.0. The van der Waals surface area contributed by atoms with Crippen LogP contribution in [0, 0.1) is 5.92 Å². The summed E-state index contributed by atoms with van der Waals surface area (Å²) in [6, 6.07) is 4.32. The molecule has 3 heterocycles. The molecule has 1 aromatic rings. The van der Waals surface area contributed by atoms with Gasteiger partial charge in [-0.25, -0.2) is 4.98 Å². The zero-order valence-electron chi connectivity index (χ0n) is 16.7. The first-order chi connectivity index (χ1) is 12.8. The molecule has 1 aromatic heterocycles. The number of pyridine rings is 1. The Balaban J connectivity index is 0.00000261. The highest BCUT2D eigenvalue weighted by Crippen LogP contribution is 2.19. The Bertz CT molecular complexity index is 589. The third kappa shape index (κ3) is 6.48. The van der Waals surface area contributed by atoms with Gasteiger partial charge in [-0.1, -0.05) is 12.8 Å². The van der Waals surface area contributed by atoms with Crippen molar-refractivity contribution in [1.29, 1.82) is 0 Å². The fourth-order valence-corrected chi connectivity index (χ4v) is 3.95. The summed E-state index contributed by atoms with van der Waals surface area (Å²) in [5.74, 6) is 2.70. The second-order valence-electron chi connectivity index (χ2n) is 7.38. The van der Waals surface area contributed by atoms with E-state index in [2.05, 4.69) is 37.2 Å². The van der Waals surface area contributed by atoms with E-state index in [9.17, 15) is 0 Å². The lowest BCUT2D eigenvalue weighted by molar-refractivity contribution is 0.157. The molecule has 0 bridgehead atoms. The number of rotatable bonds is 5. The molecular formula is C20H34IN5O. The summed E-state index contributed by atoms with van der Waals surface area (Å²) in [7, 11) is 3.64. The Morgan fingerprint density at radius 3 is 2.74 bits per heavy atom. The molecule has 3 rings (SSSR count). The summed E-state index contributed by atoms with van der Waals surface area (Å²) in [5, 5.41) is 3.52. The Hall–Kier alpha value is -1.09. The first-order valence-corrected chi connectivity index (χ1v) is 9.94. The molecule has 0 amide bonds. The summed E-state index contributed by atoms with van der Waals surface area (Å²) in [6.07, 6.45) is 8.33. The van der Waals surface area contributed by atoms with Gasteiger partial charge in [0, 0.05) is 59.0 Å². The molecule has 7 heteroatoms. The zero-order chi connectivity index (χ0) is 18.2. The van der Waals surface area contributed by atoms with Crippen LogP contribution in [0.2, 0.25) is 0 Å². The summed E-state index contributed by atoms with van der Waals surface area (Å²) < 4.78 is 5.30. The van der Waals surface area contributed by atoms with Crippen LogP contribution in [0.25, 0.3) is 0 Å². The average molecular weight is 487 g/mol. The first kappa shape index (κ1) is 22.2. The van der Waals surface area contributed by atoms with E-state index in [4.69, 9.17) is 4.74 Å². The van der Waals surface area contributed by atoms with Crippen molar-refractivity contribution in [2.45, 2.75) is 38.6 Å². The third-order valence-corrected chi connectivity index (χ3v) is 5.39. The Morgan fingerprint density at radius 2 is 2.04 bits per heavy atom. The van der Waals surface area contributed by atoms with Crippen molar-refractivity contribution < 1.29 is 4.74 Å². The highest BCUT2D eigenvalue weighted by atomic mass is 127. The van der Waals surface area contributed by atoms with Gasteiger partial charge >= 0.3 is 0 Å².